The maximum Gasteiger partial charge on any atom is 0.254 e. The van der Waals surface area contributed by atoms with Gasteiger partial charge in [-0.1, -0.05) is 12.8 Å². The standard InChI is InChI=1S/C24H37N3O4/c1-5-25(6-2)24(29)22(18-9-7-8-10-18)26-11-13-27(14-12-26)23(28)19-15-20(30-3)17-21(16-19)31-4/h15-18,22H,5-14H2,1-4H3. The first-order valence-electron chi connectivity index (χ1n) is 11.6. The van der Waals surface area contributed by atoms with Crippen molar-refractivity contribution >= 4 is 11.8 Å². The first kappa shape index (κ1) is 23.4. The number of amides is 2. The second-order valence-electron chi connectivity index (χ2n) is 8.43. The first-order chi connectivity index (χ1) is 15.0. The van der Waals surface area contributed by atoms with Crippen molar-refractivity contribution < 1.29 is 19.1 Å². The zero-order valence-corrected chi connectivity index (χ0v) is 19.4. The lowest BCUT2D eigenvalue weighted by atomic mass is 9.94. The normalized spacial score (nSPS) is 18.6. The van der Waals surface area contributed by atoms with E-state index in [1.807, 2.05) is 23.6 Å². The van der Waals surface area contributed by atoms with Gasteiger partial charge in [0.1, 0.15) is 11.5 Å². The van der Waals surface area contributed by atoms with E-state index >= 15 is 0 Å². The van der Waals surface area contributed by atoms with Gasteiger partial charge < -0.3 is 19.3 Å². The van der Waals surface area contributed by atoms with Crippen molar-refractivity contribution in [3.63, 3.8) is 0 Å². The molecular weight excluding hydrogens is 394 g/mol. The number of likely N-dealkylation sites (N-methyl/N-ethyl adjacent to an activating group) is 1. The van der Waals surface area contributed by atoms with Gasteiger partial charge in [0.2, 0.25) is 5.91 Å². The van der Waals surface area contributed by atoms with Crippen molar-refractivity contribution in [2.75, 3.05) is 53.5 Å². The van der Waals surface area contributed by atoms with Crippen LogP contribution in [0.5, 0.6) is 11.5 Å². The van der Waals surface area contributed by atoms with Crippen LogP contribution in [-0.2, 0) is 4.79 Å². The molecule has 1 heterocycles. The van der Waals surface area contributed by atoms with Crippen molar-refractivity contribution in [2.24, 2.45) is 5.92 Å². The molecule has 0 N–H and O–H groups in total. The van der Waals surface area contributed by atoms with E-state index in [0.29, 0.717) is 36.1 Å². The van der Waals surface area contributed by atoms with E-state index in [1.54, 1.807) is 32.4 Å². The third-order valence-electron chi connectivity index (χ3n) is 6.77. The van der Waals surface area contributed by atoms with Gasteiger partial charge in [-0.15, -0.1) is 0 Å². The molecule has 1 aliphatic heterocycles. The number of piperazine rings is 1. The molecule has 1 unspecified atom stereocenters. The molecule has 1 aromatic rings. The molecule has 0 bridgehead atoms. The van der Waals surface area contributed by atoms with Crippen molar-refractivity contribution in [3.05, 3.63) is 23.8 Å². The van der Waals surface area contributed by atoms with Crippen LogP contribution in [0.1, 0.15) is 49.9 Å². The van der Waals surface area contributed by atoms with Gasteiger partial charge in [-0.05, 0) is 44.7 Å². The molecule has 0 spiro atoms. The summed E-state index contributed by atoms with van der Waals surface area (Å²) >= 11 is 0. The molecule has 2 fully saturated rings. The Labute approximate surface area is 186 Å². The van der Waals surface area contributed by atoms with Gasteiger partial charge in [0.15, 0.2) is 0 Å². The Morgan fingerprint density at radius 2 is 1.52 bits per heavy atom. The summed E-state index contributed by atoms with van der Waals surface area (Å²) in [6.07, 6.45) is 4.67. The van der Waals surface area contributed by atoms with E-state index in [9.17, 15) is 9.59 Å². The highest BCUT2D eigenvalue weighted by Crippen LogP contribution is 2.32. The molecule has 7 nitrogen and oxygen atoms in total. The van der Waals surface area contributed by atoms with Crippen LogP contribution in [0.2, 0.25) is 0 Å². The highest BCUT2D eigenvalue weighted by atomic mass is 16.5. The molecule has 1 atom stereocenters. The Morgan fingerprint density at radius 1 is 0.968 bits per heavy atom. The predicted octanol–water partition coefficient (Wildman–Crippen LogP) is 2.89. The average Bonchev–Trinajstić information content (AvgIpc) is 3.34. The van der Waals surface area contributed by atoms with Gasteiger partial charge in [-0.3, -0.25) is 14.5 Å². The summed E-state index contributed by atoms with van der Waals surface area (Å²) in [5, 5.41) is 0. The molecule has 3 rings (SSSR count). The van der Waals surface area contributed by atoms with Crippen molar-refractivity contribution in [2.45, 2.75) is 45.6 Å². The van der Waals surface area contributed by atoms with Crippen LogP contribution in [0.4, 0.5) is 0 Å². The number of hydrogen-bond donors (Lipinski definition) is 0. The second kappa shape index (κ2) is 10.8. The van der Waals surface area contributed by atoms with E-state index in [0.717, 1.165) is 39.0 Å². The van der Waals surface area contributed by atoms with E-state index < -0.39 is 0 Å². The molecule has 7 heteroatoms. The highest BCUT2D eigenvalue weighted by molar-refractivity contribution is 5.95. The van der Waals surface area contributed by atoms with Crippen molar-refractivity contribution in [3.8, 4) is 11.5 Å². The van der Waals surface area contributed by atoms with Gasteiger partial charge in [-0.2, -0.15) is 0 Å². The van der Waals surface area contributed by atoms with Crippen LogP contribution in [-0.4, -0.2) is 86.0 Å². The van der Waals surface area contributed by atoms with Crippen LogP contribution in [0, 0.1) is 5.92 Å². The fourth-order valence-electron chi connectivity index (χ4n) is 4.97. The Morgan fingerprint density at radius 3 is 2.00 bits per heavy atom. The number of ether oxygens (including phenoxy) is 2. The monoisotopic (exact) mass is 431 g/mol. The topological polar surface area (TPSA) is 62.3 Å². The van der Waals surface area contributed by atoms with Crippen LogP contribution < -0.4 is 9.47 Å². The van der Waals surface area contributed by atoms with E-state index in [1.165, 1.54) is 12.8 Å². The molecule has 172 valence electrons. The summed E-state index contributed by atoms with van der Waals surface area (Å²) < 4.78 is 10.6. The van der Waals surface area contributed by atoms with Crippen molar-refractivity contribution in [1.29, 1.82) is 0 Å². The Hall–Kier alpha value is -2.28. The van der Waals surface area contributed by atoms with Gasteiger partial charge in [0, 0.05) is 50.9 Å². The molecule has 1 saturated heterocycles. The zero-order valence-electron chi connectivity index (χ0n) is 19.4. The Kier molecular flexibility index (Phi) is 8.18. The fraction of sp³-hybridized carbons (Fsp3) is 0.667. The number of hydrogen-bond acceptors (Lipinski definition) is 5. The third kappa shape index (κ3) is 5.32. The maximum atomic E-state index is 13.3. The summed E-state index contributed by atoms with van der Waals surface area (Å²) in [5.74, 6) is 1.87. The quantitative estimate of drug-likeness (QED) is 0.633. The molecule has 2 aliphatic rings. The molecule has 31 heavy (non-hydrogen) atoms. The number of rotatable bonds is 8. The van der Waals surface area contributed by atoms with E-state index in [2.05, 4.69) is 4.90 Å². The second-order valence-corrected chi connectivity index (χ2v) is 8.43. The number of methoxy groups -OCH3 is 2. The lowest BCUT2D eigenvalue weighted by Gasteiger charge is -2.42. The minimum Gasteiger partial charge on any atom is -0.497 e. The minimum atomic E-state index is -0.0587. The van der Waals surface area contributed by atoms with E-state index in [-0.39, 0.29) is 17.9 Å². The van der Waals surface area contributed by atoms with Crippen LogP contribution in [0.3, 0.4) is 0 Å². The summed E-state index contributed by atoms with van der Waals surface area (Å²) in [6, 6.07) is 5.21. The summed E-state index contributed by atoms with van der Waals surface area (Å²) in [4.78, 5) is 32.6. The Balaban J connectivity index is 1.70. The summed E-state index contributed by atoms with van der Waals surface area (Å²) in [5.41, 5.74) is 0.566. The van der Waals surface area contributed by atoms with Gasteiger partial charge in [0.25, 0.3) is 5.91 Å². The zero-order chi connectivity index (χ0) is 22.4. The summed E-state index contributed by atoms with van der Waals surface area (Å²) in [6.45, 7) is 8.27. The van der Waals surface area contributed by atoms with Crippen LogP contribution >= 0.6 is 0 Å². The number of benzene rings is 1. The largest absolute Gasteiger partial charge is 0.497 e. The molecule has 1 saturated carbocycles. The lowest BCUT2D eigenvalue weighted by molar-refractivity contribution is -0.139. The smallest absolute Gasteiger partial charge is 0.254 e. The third-order valence-corrected chi connectivity index (χ3v) is 6.77. The van der Waals surface area contributed by atoms with Gasteiger partial charge in [-0.25, -0.2) is 0 Å². The fourth-order valence-corrected chi connectivity index (χ4v) is 4.97. The number of carbonyl (C=O) groups is 2. The van der Waals surface area contributed by atoms with Crippen molar-refractivity contribution in [1.82, 2.24) is 14.7 Å². The first-order valence-corrected chi connectivity index (χ1v) is 11.6. The summed E-state index contributed by atoms with van der Waals surface area (Å²) in [7, 11) is 3.16. The average molecular weight is 432 g/mol. The maximum absolute atomic E-state index is 13.3. The van der Waals surface area contributed by atoms with Crippen LogP contribution in [0.15, 0.2) is 18.2 Å². The molecule has 1 aliphatic carbocycles. The van der Waals surface area contributed by atoms with Crippen LogP contribution in [0.25, 0.3) is 0 Å². The minimum absolute atomic E-state index is 0.0238. The highest BCUT2D eigenvalue weighted by Gasteiger charge is 2.38. The molecular formula is C24H37N3O4. The molecule has 2 amide bonds. The number of nitrogens with zero attached hydrogens (tertiary/aromatic N) is 3. The predicted molar refractivity (Wildman–Crippen MR) is 121 cm³/mol. The SMILES string of the molecule is CCN(CC)C(=O)C(C1CCCC1)N1CCN(C(=O)c2cc(OC)cc(OC)c2)CC1. The molecule has 0 aromatic heterocycles. The molecule has 0 radical (unpaired) electrons. The lowest BCUT2D eigenvalue weighted by Crippen LogP contribution is -2.58. The molecule has 1 aromatic carbocycles. The number of carbonyl (C=O) groups excluding carboxylic acids is 2. The van der Waals surface area contributed by atoms with E-state index in [4.69, 9.17) is 9.47 Å². The van der Waals surface area contributed by atoms with Gasteiger partial charge in [0.05, 0.1) is 20.3 Å². The van der Waals surface area contributed by atoms with Gasteiger partial charge >= 0.3 is 0 Å². The Bertz CT molecular complexity index is 729.